The van der Waals surface area contributed by atoms with Gasteiger partial charge in [-0.25, -0.2) is 4.98 Å². The summed E-state index contributed by atoms with van der Waals surface area (Å²) in [6, 6.07) is 4.56. The van der Waals surface area contributed by atoms with E-state index in [0.29, 0.717) is 6.04 Å². The van der Waals surface area contributed by atoms with Gasteiger partial charge in [-0.15, -0.1) is 0 Å². The standard InChI is InChI=1S/C14H20N4O/c1-10-6-12-15-9-16-18(12)13(7-10)17-11-4-5-19-14(2,3)8-11/h6-7,9,11,17H,4-5,8H2,1-3H3. The Balaban J connectivity index is 1.86. The summed E-state index contributed by atoms with van der Waals surface area (Å²) in [5.41, 5.74) is 2.02. The van der Waals surface area contributed by atoms with Crippen LogP contribution in [0.15, 0.2) is 18.5 Å². The molecule has 2 aromatic heterocycles. The van der Waals surface area contributed by atoms with Crippen LogP contribution in [0.1, 0.15) is 32.3 Å². The fraction of sp³-hybridized carbons (Fsp3) is 0.571. The number of nitrogens with zero attached hydrogens (tertiary/aromatic N) is 3. The summed E-state index contributed by atoms with van der Waals surface area (Å²) >= 11 is 0. The van der Waals surface area contributed by atoms with Crippen molar-refractivity contribution in [3.63, 3.8) is 0 Å². The van der Waals surface area contributed by atoms with Gasteiger partial charge >= 0.3 is 0 Å². The molecule has 19 heavy (non-hydrogen) atoms. The fourth-order valence-corrected chi connectivity index (χ4v) is 2.72. The van der Waals surface area contributed by atoms with Crippen molar-refractivity contribution in [2.45, 2.75) is 45.3 Å². The van der Waals surface area contributed by atoms with Crippen molar-refractivity contribution < 1.29 is 4.74 Å². The minimum absolute atomic E-state index is 0.0543. The highest BCUT2D eigenvalue weighted by molar-refractivity contribution is 5.51. The molecule has 0 aromatic carbocycles. The van der Waals surface area contributed by atoms with Gasteiger partial charge in [-0.2, -0.15) is 9.61 Å². The van der Waals surface area contributed by atoms with Gasteiger partial charge in [0.25, 0.3) is 0 Å². The smallest absolute Gasteiger partial charge is 0.157 e. The van der Waals surface area contributed by atoms with Crippen LogP contribution in [0.25, 0.3) is 5.65 Å². The summed E-state index contributed by atoms with van der Waals surface area (Å²) in [5, 5.41) is 7.86. The number of nitrogens with one attached hydrogen (secondary N) is 1. The Kier molecular flexibility index (Phi) is 2.93. The maximum Gasteiger partial charge on any atom is 0.157 e. The van der Waals surface area contributed by atoms with Crippen LogP contribution in [-0.2, 0) is 4.74 Å². The van der Waals surface area contributed by atoms with Gasteiger partial charge in [-0.05, 0) is 51.3 Å². The van der Waals surface area contributed by atoms with Crippen molar-refractivity contribution in [1.82, 2.24) is 14.6 Å². The number of ether oxygens (including phenoxy) is 1. The van der Waals surface area contributed by atoms with Crippen LogP contribution in [0.2, 0.25) is 0 Å². The van der Waals surface area contributed by atoms with Gasteiger partial charge in [0.1, 0.15) is 12.1 Å². The average Bonchev–Trinajstić information content (AvgIpc) is 2.75. The third-order valence-corrected chi connectivity index (χ3v) is 3.57. The van der Waals surface area contributed by atoms with Crippen molar-refractivity contribution in [2.75, 3.05) is 11.9 Å². The first kappa shape index (κ1) is 12.4. The zero-order chi connectivity index (χ0) is 13.5. The maximum absolute atomic E-state index is 5.75. The second-order valence-corrected chi connectivity index (χ2v) is 5.89. The molecule has 0 spiro atoms. The second kappa shape index (κ2) is 4.49. The molecule has 3 rings (SSSR count). The zero-order valence-corrected chi connectivity index (χ0v) is 11.7. The van der Waals surface area contributed by atoms with Gasteiger partial charge in [0.15, 0.2) is 5.65 Å². The van der Waals surface area contributed by atoms with Crippen LogP contribution in [-0.4, -0.2) is 32.8 Å². The van der Waals surface area contributed by atoms with Crippen molar-refractivity contribution >= 4 is 11.5 Å². The summed E-state index contributed by atoms with van der Waals surface area (Å²) in [6.07, 6.45) is 3.61. The lowest BCUT2D eigenvalue weighted by Gasteiger charge is -2.36. The Morgan fingerprint density at radius 3 is 3.05 bits per heavy atom. The summed E-state index contributed by atoms with van der Waals surface area (Å²) in [7, 11) is 0. The lowest BCUT2D eigenvalue weighted by molar-refractivity contribution is -0.0553. The number of pyridine rings is 1. The molecular formula is C14H20N4O. The Morgan fingerprint density at radius 2 is 2.26 bits per heavy atom. The third-order valence-electron chi connectivity index (χ3n) is 3.57. The number of aryl methyl sites for hydroxylation is 1. The summed E-state index contributed by atoms with van der Waals surface area (Å²) < 4.78 is 7.61. The minimum atomic E-state index is -0.0543. The first-order valence-electron chi connectivity index (χ1n) is 6.74. The van der Waals surface area contributed by atoms with E-state index >= 15 is 0 Å². The molecule has 1 N–H and O–H groups in total. The Labute approximate surface area is 113 Å². The van der Waals surface area contributed by atoms with E-state index in [1.807, 2.05) is 10.6 Å². The molecule has 1 unspecified atom stereocenters. The molecule has 102 valence electrons. The lowest BCUT2D eigenvalue weighted by atomic mass is 9.94. The Hall–Kier alpha value is -1.62. The van der Waals surface area contributed by atoms with Gasteiger partial charge in [0, 0.05) is 12.6 Å². The monoisotopic (exact) mass is 260 g/mol. The SMILES string of the molecule is Cc1cc(NC2CCOC(C)(C)C2)n2ncnc2c1. The summed E-state index contributed by atoms with van der Waals surface area (Å²) in [6.45, 7) is 7.16. The van der Waals surface area contributed by atoms with Crippen LogP contribution >= 0.6 is 0 Å². The van der Waals surface area contributed by atoms with Crippen molar-refractivity contribution in [3.05, 3.63) is 24.0 Å². The molecule has 0 aliphatic carbocycles. The number of hydrogen-bond acceptors (Lipinski definition) is 4. The molecule has 1 fully saturated rings. The number of hydrogen-bond donors (Lipinski definition) is 1. The number of aromatic nitrogens is 3. The van der Waals surface area contributed by atoms with Crippen molar-refractivity contribution in [3.8, 4) is 0 Å². The van der Waals surface area contributed by atoms with E-state index in [9.17, 15) is 0 Å². The zero-order valence-electron chi connectivity index (χ0n) is 11.7. The first-order valence-corrected chi connectivity index (χ1v) is 6.74. The average molecular weight is 260 g/mol. The molecule has 0 radical (unpaired) electrons. The molecule has 0 saturated carbocycles. The molecule has 1 atom stereocenters. The van der Waals surface area contributed by atoms with Crippen molar-refractivity contribution in [2.24, 2.45) is 0 Å². The van der Waals surface area contributed by atoms with E-state index in [0.717, 1.165) is 30.9 Å². The van der Waals surface area contributed by atoms with E-state index < -0.39 is 0 Å². The van der Waals surface area contributed by atoms with E-state index in [1.165, 1.54) is 5.56 Å². The maximum atomic E-state index is 5.75. The van der Waals surface area contributed by atoms with Gasteiger partial charge in [0.05, 0.1) is 5.60 Å². The number of rotatable bonds is 2. The number of anilines is 1. The van der Waals surface area contributed by atoms with Crippen LogP contribution in [0, 0.1) is 6.92 Å². The topological polar surface area (TPSA) is 51.5 Å². The molecule has 1 aliphatic rings. The quantitative estimate of drug-likeness (QED) is 0.901. The van der Waals surface area contributed by atoms with E-state index in [4.69, 9.17) is 4.74 Å². The molecule has 5 heteroatoms. The largest absolute Gasteiger partial charge is 0.375 e. The molecule has 5 nitrogen and oxygen atoms in total. The molecule has 0 bridgehead atoms. The molecule has 3 heterocycles. The number of fused-ring (bicyclic) bond motifs is 1. The van der Waals surface area contributed by atoms with Crippen LogP contribution in [0.5, 0.6) is 0 Å². The Bertz CT molecular complexity index is 590. The first-order chi connectivity index (χ1) is 9.03. The molecule has 2 aromatic rings. The van der Waals surface area contributed by atoms with E-state index in [1.54, 1.807) is 6.33 Å². The highest BCUT2D eigenvalue weighted by Crippen LogP contribution is 2.26. The fourth-order valence-electron chi connectivity index (χ4n) is 2.72. The van der Waals surface area contributed by atoms with E-state index in [2.05, 4.69) is 42.2 Å². The molecule has 1 aliphatic heterocycles. The minimum Gasteiger partial charge on any atom is -0.375 e. The Morgan fingerprint density at radius 1 is 1.42 bits per heavy atom. The summed E-state index contributed by atoms with van der Waals surface area (Å²) in [5.74, 6) is 1.01. The van der Waals surface area contributed by atoms with Gasteiger partial charge < -0.3 is 10.1 Å². The lowest BCUT2D eigenvalue weighted by Crippen LogP contribution is -2.40. The third kappa shape index (κ3) is 2.56. The molecule has 0 amide bonds. The van der Waals surface area contributed by atoms with Crippen LogP contribution in [0.3, 0.4) is 0 Å². The molecule has 1 saturated heterocycles. The predicted molar refractivity (Wildman–Crippen MR) is 74.4 cm³/mol. The van der Waals surface area contributed by atoms with E-state index in [-0.39, 0.29) is 5.60 Å². The predicted octanol–water partition coefficient (Wildman–Crippen LogP) is 2.41. The summed E-state index contributed by atoms with van der Waals surface area (Å²) in [4.78, 5) is 4.25. The normalized spacial score (nSPS) is 22.6. The second-order valence-electron chi connectivity index (χ2n) is 5.89. The highest BCUT2D eigenvalue weighted by Gasteiger charge is 2.29. The van der Waals surface area contributed by atoms with Crippen molar-refractivity contribution in [1.29, 1.82) is 0 Å². The van der Waals surface area contributed by atoms with Crippen LogP contribution < -0.4 is 5.32 Å². The molecular weight excluding hydrogens is 240 g/mol. The van der Waals surface area contributed by atoms with Gasteiger partial charge in [-0.1, -0.05) is 0 Å². The van der Waals surface area contributed by atoms with Gasteiger partial charge in [-0.3, -0.25) is 0 Å². The van der Waals surface area contributed by atoms with Crippen LogP contribution in [0.4, 0.5) is 5.82 Å². The van der Waals surface area contributed by atoms with Gasteiger partial charge in [0.2, 0.25) is 0 Å². The highest BCUT2D eigenvalue weighted by atomic mass is 16.5.